The first-order valence-electron chi connectivity index (χ1n) is 7.69. The second-order valence-electron chi connectivity index (χ2n) is 5.58. The van der Waals surface area contributed by atoms with E-state index in [-0.39, 0.29) is 24.7 Å². The molecule has 2 amide bonds. The Morgan fingerprint density at radius 1 is 1.35 bits per heavy atom. The summed E-state index contributed by atoms with van der Waals surface area (Å²) in [5.74, 6) is -0.810. The number of rotatable bonds is 7. The minimum atomic E-state index is -0.810. The average Bonchev–Trinajstić information content (AvgIpc) is 2.48. The first-order valence-corrected chi connectivity index (χ1v) is 8.92. The lowest BCUT2D eigenvalue weighted by Crippen LogP contribution is -2.55. The fourth-order valence-electron chi connectivity index (χ4n) is 2.77. The highest BCUT2D eigenvalue weighted by Gasteiger charge is 2.34. The molecule has 0 heterocycles. The molecule has 1 aromatic carbocycles. The van der Waals surface area contributed by atoms with Gasteiger partial charge in [-0.15, -0.1) is 11.8 Å². The van der Waals surface area contributed by atoms with Gasteiger partial charge in [0.25, 0.3) is 0 Å². The predicted molar refractivity (Wildman–Crippen MR) is 92.1 cm³/mol. The third-order valence-corrected chi connectivity index (χ3v) is 4.86. The van der Waals surface area contributed by atoms with E-state index in [0.29, 0.717) is 6.54 Å². The van der Waals surface area contributed by atoms with Crippen molar-refractivity contribution in [3.63, 3.8) is 0 Å². The summed E-state index contributed by atoms with van der Waals surface area (Å²) in [6.45, 7) is 2.72. The summed E-state index contributed by atoms with van der Waals surface area (Å²) < 4.78 is 0. The molecule has 0 atom stereocenters. The van der Waals surface area contributed by atoms with Crippen LogP contribution >= 0.6 is 11.8 Å². The van der Waals surface area contributed by atoms with E-state index >= 15 is 0 Å². The van der Waals surface area contributed by atoms with Gasteiger partial charge >= 0.3 is 12.0 Å². The number of carbonyl (C=O) groups is 2. The van der Waals surface area contributed by atoms with Crippen molar-refractivity contribution in [1.82, 2.24) is 10.2 Å². The van der Waals surface area contributed by atoms with E-state index in [9.17, 15) is 9.59 Å². The smallest absolute Gasteiger partial charge is 0.319 e. The van der Waals surface area contributed by atoms with E-state index in [1.54, 1.807) is 11.8 Å². The molecular weight excluding hydrogens is 314 g/mol. The highest BCUT2D eigenvalue weighted by atomic mass is 32.2. The number of para-hydroxylation sites is 1. The number of anilines is 1. The lowest BCUT2D eigenvalue weighted by molar-refractivity contribution is -0.139. The number of thioether (sulfide) groups is 1. The summed E-state index contributed by atoms with van der Waals surface area (Å²) >= 11 is 1.58. The molecule has 1 fully saturated rings. The number of nitrogens with zero attached hydrogens (tertiary/aromatic N) is 1. The molecule has 7 heteroatoms. The second-order valence-corrected chi connectivity index (χ2v) is 6.43. The standard InChI is InChI=1S/C16H23N3O3S/c1-3-19(10-15(20)21)12-8-11(9-12)17-16(22)18-13-6-4-5-7-14(13)23-2/h4-7,11-12H,3,8-10H2,1-2H3,(H,20,21)(H2,17,18,22). The SMILES string of the molecule is CCN(CC(=O)O)C1CC(NC(=O)Nc2ccccc2SC)C1. The molecule has 23 heavy (non-hydrogen) atoms. The van der Waals surface area contributed by atoms with E-state index in [0.717, 1.165) is 23.4 Å². The maximum absolute atomic E-state index is 12.1. The molecule has 1 aliphatic carbocycles. The van der Waals surface area contributed by atoms with E-state index in [4.69, 9.17) is 5.11 Å². The molecule has 1 saturated carbocycles. The number of hydrogen-bond donors (Lipinski definition) is 3. The summed E-state index contributed by atoms with van der Waals surface area (Å²) in [5.41, 5.74) is 0.800. The van der Waals surface area contributed by atoms with Crippen molar-refractivity contribution in [2.75, 3.05) is 24.7 Å². The number of carboxylic acids is 1. The Morgan fingerprint density at radius 2 is 2.04 bits per heavy atom. The molecule has 1 aromatic rings. The van der Waals surface area contributed by atoms with Crippen LogP contribution in [0.2, 0.25) is 0 Å². The van der Waals surface area contributed by atoms with Crippen LogP contribution in [-0.4, -0.2) is 53.4 Å². The lowest BCUT2D eigenvalue weighted by atomic mass is 9.85. The van der Waals surface area contributed by atoms with Crippen LogP contribution in [0.4, 0.5) is 10.5 Å². The van der Waals surface area contributed by atoms with Crippen LogP contribution in [0.15, 0.2) is 29.2 Å². The number of likely N-dealkylation sites (N-methyl/N-ethyl adjacent to an activating group) is 1. The van der Waals surface area contributed by atoms with Gasteiger partial charge in [-0.3, -0.25) is 9.69 Å². The van der Waals surface area contributed by atoms with Crippen molar-refractivity contribution in [3.8, 4) is 0 Å². The lowest BCUT2D eigenvalue weighted by Gasteiger charge is -2.42. The Hall–Kier alpha value is -1.73. The topological polar surface area (TPSA) is 81.7 Å². The molecule has 0 spiro atoms. The fraction of sp³-hybridized carbons (Fsp3) is 0.500. The maximum atomic E-state index is 12.1. The number of benzene rings is 1. The van der Waals surface area contributed by atoms with Crippen LogP contribution in [0.3, 0.4) is 0 Å². The number of urea groups is 1. The molecule has 2 rings (SSSR count). The Morgan fingerprint density at radius 3 is 2.65 bits per heavy atom. The first kappa shape index (κ1) is 17.6. The number of aliphatic carboxylic acids is 1. The first-order chi connectivity index (χ1) is 11.0. The fourth-order valence-corrected chi connectivity index (χ4v) is 3.32. The minimum Gasteiger partial charge on any atom is -0.480 e. The van der Waals surface area contributed by atoms with Crippen LogP contribution in [-0.2, 0) is 4.79 Å². The quantitative estimate of drug-likeness (QED) is 0.666. The molecule has 0 bridgehead atoms. The summed E-state index contributed by atoms with van der Waals surface area (Å²) in [6.07, 6.45) is 3.55. The van der Waals surface area contributed by atoms with Gasteiger partial charge < -0.3 is 15.7 Å². The van der Waals surface area contributed by atoms with Crippen molar-refractivity contribution < 1.29 is 14.7 Å². The number of carbonyl (C=O) groups excluding carboxylic acids is 1. The van der Waals surface area contributed by atoms with Crippen molar-refractivity contribution in [2.24, 2.45) is 0 Å². The van der Waals surface area contributed by atoms with Crippen molar-refractivity contribution in [2.45, 2.75) is 36.7 Å². The number of amides is 2. The zero-order valence-electron chi connectivity index (χ0n) is 13.4. The van der Waals surface area contributed by atoms with Gasteiger partial charge in [0.1, 0.15) is 0 Å². The molecular formula is C16H23N3O3S. The highest BCUT2D eigenvalue weighted by Crippen LogP contribution is 2.27. The molecule has 6 nitrogen and oxygen atoms in total. The maximum Gasteiger partial charge on any atom is 0.319 e. The van der Waals surface area contributed by atoms with Gasteiger partial charge in [0.15, 0.2) is 0 Å². The molecule has 0 saturated heterocycles. The average molecular weight is 337 g/mol. The molecule has 0 radical (unpaired) electrons. The summed E-state index contributed by atoms with van der Waals surface area (Å²) in [4.78, 5) is 25.8. The van der Waals surface area contributed by atoms with Crippen molar-refractivity contribution in [1.29, 1.82) is 0 Å². The molecule has 3 N–H and O–H groups in total. The van der Waals surface area contributed by atoms with Gasteiger partial charge in [-0.05, 0) is 37.8 Å². The molecule has 0 aliphatic heterocycles. The summed E-state index contributed by atoms with van der Waals surface area (Å²) in [5, 5.41) is 14.7. The zero-order valence-corrected chi connectivity index (χ0v) is 14.2. The van der Waals surface area contributed by atoms with Gasteiger partial charge in [0.05, 0.1) is 12.2 Å². The van der Waals surface area contributed by atoms with E-state index in [1.807, 2.05) is 42.3 Å². The highest BCUT2D eigenvalue weighted by molar-refractivity contribution is 7.98. The van der Waals surface area contributed by atoms with Gasteiger partial charge in [0, 0.05) is 17.0 Å². The van der Waals surface area contributed by atoms with Crippen LogP contribution in [0.1, 0.15) is 19.8 Å². The largest absolute Gasteiger partial charge is 0.480 e. The van der Waals surface area contributed by atoms with Gasteiger partial charge in [-0.25, -0.2) is 4.79 Å². The molecule has 126 valence electrons. The predicted octanol–water partition coefficient (Wildman–Crippen LogP) is 2.47. The van der Waals surface area contributed by atoms with Crippen LogP contribution in [0.25, 0.3) is 0 Å². The Labute approximate surface area is 140 Å². The molecule has 0 unspecified atom stereocenters. The van der Waals surface area contributed by atoms with Crippen LogP contribution in [0.5, 0.6) is 0 Å². The van der Waals surface area contributed by atoms with E-state index in [1.165, 1.54) is 0 Å². The number of carboxylic acid groups (broad SMARTS) is 1. The third kappa shape index (κ3) is 4.87. The summed E-state index contributed by atoms with van der Waals surface area (Å²) in [7, 11) is 0. The van der Waals surface area contributed by atoms with Crippen LogP contribution in [0, 0.1) is 0 Å². The number of hydrogen-bond acceptors (Lipinski definition) is 4. The normalized spacial score (nSPS) is 20.0. The Bertz CT molecular complexity index is 561. The van der Waals surface area contributed by atoms with E-state index < -0.39 is 5.97 Å². The zero-order chi connectivity index (χ0) is 16.8. The Balaban J connectivity index is 1.79. The minimum absolute atomic E-state index is 0.0567. The van der Waals surface area contributed by atoms with Crippen molar-refractivity contribution >= 4 is 29.4 Å². The monoisotopic (exact) mass is 337 g/mol. The van der Waals surface area contributed by atoms with Crippen molar-refractivity contribution in [3.05, 3.63) is 24.3 Å². The molecule has 1 aliphatic rings. The Kier molecular flexibility index (Phi) is 6.29. The van der Waals surface area contributed by atoms with Crippen LogP contribution < -0.4 is 10.6 Å². The third-order valence-electron chi connectivity index (χ3n) is 4.06. The van der Waals surface area contributed by atoms with Gasteiger partial charge in [-0.1, -0.05) is 19.1 Å². The van der Waals surface area contributed by atoms with Gasteiger partial charge in [0.2, 0.25) is 0 Å². The van der Waals surface area contributed by atoms with Gasteiger partial charge in [-0.2, -0.15) is 0 Å². The summed E-state index contributed by atoms with van der Waals surface area (Å²) in [6, 6.07) is 7.79. The second kappa shape index (κ2) is 8.21. The van der Waals surface area contributed by atoms with E-state index in [2.05, 4.69) is 10.6 Å². The molecule has 0 aromatic heterocycles. The number of nitrogens with one attached hydrogen (secondary N) is 2.